The van der Waals surface area contributed by atoms with Crippen LogP contribution in [0.4, 0.5) is 0 Å². The van der Waals surface area contributed by atoms with Crippen molar-refractivity contribution in [3.8, 4) is 5.75 Å². The Balaban J connectivity index is 2.06. The van der Waals surface area contributed by atoms with Gasteiger partial charge in [0.1, 0.15) is 11.9 Å². The van der Waals surface area contributed by atoms with Crippen LogP contribution in [0.3, 0.4) is 0 Å². The summed E-state index contributed by atoms with van der Waals surface area (Å²) >= 11 is 7.65. The van der Waals surface area contributed by atoms with Gasteiger partial charge in [0.15, 0.2) is 0 Å². The van der Waals surface area contributed by atoms with E-state index in [9.17, 15) is 5.11 Å². The average molecular weight is 305 g/mol. The lowest BCUT2D eigenvalue weighted by Crippen LogP contribution is -1.99. The van der Waals surface area contributed by atoms with Gasteiger partial charge in [-0.15, -0.1) is 11.3 Å². The Morgan fingerprint density at radius 1 is 1.20 bits per heavy atom. The van der Waals surface area contributed by atoms with Crippen molar-refractivity contribution < 1.29 is 9.84 Å². The molecule has 0 amide bonds. The van der Waals surface area contributed by atoms with Crippen molar-refractivity contribution in [1.29, 1.82) is 0 Å². The van der Waals surface area contributed by atoms with Gasteiger partial charge in [-0.2, -0.15) is 0 Å². The molecule has 1 N–H and O–H groups in total. The van der Waals surface area contributed by atoms with E-state index in [1.54, 1.807) is 30.6 Å². The monoisotopic (exact) mass is 304 g/mol. The number of methoxy groups -OCH3 is 1. The van der Waals surface area contributed by atoms with Gasteiger partial charge in [0.05, 0.1) is 12.1 Å². The highest BCUT2D eigenvalue weighted by molar-refractivity contribution is 7.17. The summed E-state index contributed by atoms with van der Waals surface area (Å²) in [5, 5.41) is 14.2. The van der Waals surface area contributed by atoms with Gasteiger partial charge in [-0.25, -0.2) is 0 Å². The zero-order valence-electron chi connectivity index (χ0n) is 10.8. The van der Waals surface area contributed by atoms with E-state index >= 15 is 0 Å². The number of hydrogen-bond donors (Lipinski definition) is 1. The predicted molar refractivity (Wildman–Crippen MR) is 83.9 cm³/mol. The van der Waals surface area contributed by atoms with Gasteiger partial charge in [-0.1, -0.05) is 35.9 Å². The fourth-order valence-electron chi connectivity index (χ4n) is 2.24. The molecule has 1 aromatic heterocycles. The van der Waals surface area contributed by atoms with E-state index in [0.29, 0.717) is 10.8 Å². The second-order valence-electron chi connectivity index (χ2n) is 4.48. The molecule has 1 atom stereocenters. The number of halogens is 1. The molecule has 3 aromatic rings. The predicted octanol–water partition coefficient (Wildman–Crippen LogP) is 4.65. The van der Waals surface area contributed by atoms with Crippen molar-refractivity contribution in [3.05, 3.63) is 64.0 Å². The smallest absolute Gasteiger partial charge is 0.137 e. The molecular weight excluding hydrogens is 292 g/mol. The second-order valence-corrected chi connectivity index (χ2v) is 5.80. The average Bonchev–Trinajstić information content (AvgIpc) is 2.91. The van der Waals surface area contributed by atoms with Gasteiger partial charge < -0.3 is 9.84 Å². The molecule has 1 unspecified atom stereocenters. The first kappa shape index (κ1) is 13.4. The summed E-state index contributed by atoms with van der Waals surface area (Å²) in [7, 11) is 1.57. The number of rotatable bonds is 3. The highest BCUT2D eigenvalue weighted by Crippen LogP contribution is 2.35. The summed E-state index contributed by atoms with van der Waals surface area (Å²) in [6, 6.07) is 13.4. The van der Waals surface area contributed by atoms with E-state index in [2.05, 4.69) is 6.07 Å². The van der Waals surface area contributed by atoms with Crippen molar-refractivity contribution in [2.24, 2.45) is 0 Å². The van der Waals surface area contributed by atoms with E-state index in [1.165, 1.54) is 4.70 Å². The first-order valence-corrected chi connectivity index (χ1v) is 7.44. The Morgan fingerprint density at radius 3 is 2.80 bits per heavy atom. The molecule has 102 valence electrons. The zero-order chi connectivity index (χ0) is 14.1. The first-order valence-electron chi connectivity index (χ1n) is 6.18. The largest absolute Gasteiger partial charge is 0.495 e. The number of fused-ring (bicyclic) bond motifs is 1. The Kier molecular flexibility index (Phi) is 3.66. The molecule has 0 aliphatic heterocycles. The molecule has 0 spiro atoms. The van der Waals surface area contributed by atoms with Gasteiger partial charge in [-0.05, 0) is 34.5 Å². The molecule has 3 rings (SSSR count). The van der Waals surface area contributed by atoms with Gasteiger partial charge in [0, 0.05) is 10.3 Å². The van der Waals surface area contributed by atoms with Crippen molar-refractivity contribution in [2.45, 2.75) is 6.10 Å². The molecular formula is C16H13ClO2S. The van der Waals surface area contributed by atoms with Crippen LogP contribution in [0.5, 0.6) is 5.75 Å². The zero-order valence-corrected chi connectivity index (χ0v) is 12.4. The minimum Gasteiger partial charge on any atom is -0.495 e. The topological polar surface area (TPSA) is 29.5 Å². The summed E-state index contributed by atoms with van der Waals surface area (Å²) in [6.45, 7) is 0. The highest BCUT2D eigenvalue weighted by atomic mass is 35.5. The third-order valence-electron chi connectivity index (χ3n) is 3.30. The van der Waals surface area contributed by atoms with Crippen molar-refractivity contribution in [2.75, 3.05) is 7.11 Å². The minimum atomic E-state index is -0.683. The molecule has 2 nitrogen and oxygen atoms in total. The van der Waals surface area contributed by atoms with Crippen LogP contribution in [0.25, 0.3) is 10.1 Å². The number of aliphatic hydroxyl groups is 1. The van der Waals surface area contributed by atoms with Gasteiger partial charge in [0.2, 0.25) is 0 Å². The Morgan fingerprint density at radius 2 is 2.00 bits per heavy atom. The Bertz CT molecular complexity index is 751. The van der Waals surface area contributed by atoms with Gasteiger partial charge >= 0.3 is 0 Å². The van der Waals surface area contributed by atoms with Gasteiger partial charge in [-0.3, -0.25) is 0 Å². The van der Waals surface area contributed by atoms with E-state index in [1.807, 2.05) is 29.6 Å². The quantitative estimate of drug-likeness (QED) is 0.763. The van der Waals surface area contributed by atoms with Crippen LogP contribution in [0, 0.1) is 0 Å². The molecule has 0 radical (unpaired) electrons. The van der Waals surface area contributed by atoms with Crippen molar-refractivity contribution in [3.63, 3.8) is 0 Å². The molecule has 0 saturated carbocycles. The maximum atomic E-state index is 10.6. The minimum absolute atomic E-state index is 0.540. The number of hydrogen-bond acceptors (Lipinski definition) is 3. The summed E-state index contributed by atoms with van der Waals surface area (Å²) in [4.78, 5) is 0. The summed E-state index contributed by atoms with van der Waals surface area (Å²) < 4.78 is 6.37. The third kappa shape index (κ3) is 2.29. The molecule has 2 aromatic carbocycles. The second kappa shape index (κ2) is 5.44. The van der Waals surface area contributed by atoms with Gasteiger partial charge in [0.25, 0.3) is 0 Å². The van der Waals surface area contributed by atoms with Crippen LogP contribution >= 0.6 is 22.9 Å². The fraction of sp³-hybridized carbons (Fsp3) is 0.125. The number of benzene rings is 2. The highest BCUT2D eigenvalue weighted by Gasteiger charge is 2.16. The summed E-state index contributed by atoms with van der Waals surface area (Å²) in [6.07, 6.45) is -0.683. The third-order valence-corrected chi connectivity index (χ3v) is 4.59. The maximum absolute atomic E-state index is 10.6. The molecule has 4 heteroatoms. The molecule has 0 fully saturated rings. The SMILES string of the molecule is COc1cc(C(O)c2csc3ccccc23)ccc1Cl. The molecule has 0 aliphatic carbocycles. The van der Waals surface area contributed by atoms with E-state index < -0.39 is 6.10 Å². The molecule has 20 heavy (non-hydrogen) atoms. The summed E-state index contributed by atoms with van der Waals surface area (Å²) in [5.41, 5.74) is 1.68. The van der Waals surface area contributed by atoms with E-state index in [4.69, 9.17) is 16.3 Å². The molecule has 1 heterocycles. The summed E-state index contributed by atoms with van der Waals surface area (Å²) in [5.74, 6) is 0.572. The van der Waals surface area contributed by atoms with E-state index in [-0.39, 0.29) is 0 Å². The van der Waals surface area contributed by atoms with Crippen LogP contribution in [0.2, 0.25) is 5.02 Å². The number of thiophene rings is 1. The Hall–Kier alpha value is -1.55. The lowest BCUT2D eigenvalue weighted by molar-refractivity contribution is 0.222. The maximum Gasteiger partial charge on any atom is 0.137 e. The van der Waals surface area contributed by atoms with Crippen molar-refractivity contribution >= 4 is 33.0 Å². The lowest BCUT2D eigenvalue weighted by Gasteiger charge is -2.12. The van der Waals surface area contributed by atoms with Crippen LogP contribution < -0.4 is 4.74 Å². The molecule has 0 saturated heterocycles. The number of aliphatic hydroxyl groups excluding tert-OH is 1. The van der Waals surface area contributed by atoms with Crippen LogP contribution in [0.15, 0.2) is 47.8 Å². The van der Waals surface area contributed by atoms with Crippen LogP contribution in [-0.4, -0.2) is 12.2 Å². The van der Waals surface area contributed by atoms with Crippen LogP contribution in [-0.2, 0) is 0 Å². The van der Waals surface area contributed by atoms with E-state index in [0.717, 1.165) is 16.5 Å². The molecule has 0 bridgehead atoms. The van der Waals surface area contributed by atoms with Crippen molar-refractivity contribution in [1.82, 2.24) is 0 Å². The Labute approximate surface area is 126 Å². The molecule has 0 aliphatic rings. The fourth-order valence-corrected chi connectivity index (χ4v) is 3.41. The first-order chi connectivity index (χ1) is 9.70. The normalized spacial score (nSPS) is 12.6. The number of ether oxygens (including phenoxy) is 1. The lowest BCUT2D eigenvalue weighted by atomic mass is 10.0. The van der Waals surface area contributed by atoms with Crippen LogP contribution in [0.1, 0.15) is 17.2 Å². The standard InChI is InChI=1S/C16H13ClO2S/c1-19-14-8-10(6-7-13(14)17)16(18)12-9-20-15-5-3-2-4-11(12)15/h2-9,16,18H,1H3.